The van der Waals surface area contributed by atoms with Gasteiger partial charge in [-0.2, -0.15) is 0 Å². The lowest BCUT2D eigenvalue weighted by molar-refractivity contribution is -0.137. The van der Waals surface area contributed by atoms with E-state index in [4.69, 9.17) is 5.11 Å². The molecule has 0 fully saturated rings. The maximum Gasteiger partial charge on any atom is 0.303 e. The van der Waals surface area contributed by atoms with E-state index in [1.165, 1.54) is 0 Å². The smallest absolute Gasteiger partial charge is 0.303 e. The molecular formula is C12H11NO3. The molecule has 0 bridgehead atoms. The summed E-state index contributed by atoms with van der Waals surface area (Å²) in [5, 5.41) is 10.1. The normalized spacial score (nSPS) is 18.2. The summed E-state index contributed by atoms with van der Waals surface area (Å²) >= 11 is 0. The number of carbonyl (C=O) groups excluding carboxylic acids is 1. The molecule has 4 heteroatoms. The third-order valence-electron chi connectivity index (χ3n) is 2.53. The second-order valence-electron chi connectivity index (χ2n) is 3.71. The molecule has 1 aliphatic heterocycles. The molecule has 0 radical (unpaired) electrons. The largest absolute Gasteiger partial charge is 0.481 e. The second-order valence-corrected chi connectivity index (χ2v) is 3.71. The van der Waals surface area contributed by atoms with Gasteiger partial charge in [0.25, 0.3) is 5.91 Å². The zero-order valence-electron chi connectivity index (χ0n) is 8.59. The van der Waals surface area contributed by atoms with Crippen LogP contribution in [0.3, 0.4) is 0 Å². The van der Waals surface area contributed by atoms with Gasteiger partial charge in [-0.1, -0.05) is 24.3 Å². The third-order valence-corrected chi connectivity index (χ3v) is 2.53. The van der Waals surface area contributed by atoms with Crippen LogP contribution in [0.25, 0.3) is 6.08 Å². The quantitative estimate of drug-likeness (QED) is 0.781. The van der Waals surface area contributed by atoms with E-state index in [-0.39, 0.29) is 12.3 Å². The summed E-state index contributed by atoms with van der Waals surface area (Å²) in [7, 11) is 0. The molecule has 2 rings (SSSR count). The minimum atomic E-state index is -0.889. The van der Waals surface area contributed by atoms with E-state index < -0.39 is 11.9 Å². The molecule has 82 valence electrons. The van der Waals surface area contributed by atoms with Crippen LogP contribution in [0.4, 0.5) is 0 Å². The summed E-state index contributed by atoms with van der Waals surface area (Å²) in [5.74, 6) is -1.54. The van der Waals surface area contributed by atoms with Crippen molar-refractivity contribution in [1.82, 2.24) is 0 Å². The molecule has 0 spiro atoms. The van der Waals surface area contributed by atoms with Gasteiger partial charge in [0.05, 0.1) is 11.3 Å². The number of rotatable bonds is 3. The van der Waals surface area contributed by atoms with E-state index in [1.807, 2.05) is 18.2 Å². The molecule has 0 aromatic heterocycles. The first-order valence-electron chi connectivity index (χ1n) is 5.08. The van der Waals surface area contributed by atoms with E-state index in [0.717, 1.165) is 5.22 Å². The van der Waals surface area contributed by atoms with E-state index in [1.54, 1.807) is 12.1 Å². The topological polar surface area (TPSA) is 66.7 Å². The zero-order valence-corrected chi connectivity index (χ0v) is 8.59. The van der Waals surface area contributed by atoms with Gasteiger partial charge < -0.3 is 5.11 Å². The lowest BCUT2D eigenvalue weighted by Crippen LogP contribution is -2.33. The number of aliphatic carboxylic acids is 1. The van der Waals surface area contributed by atoms with Gasteiger partial charge in [0.2, 0.25) is 0 Å². The Morgan fingerprint density at radius 3 is 2.88 bits per heavy atom. The predicted octanol–water partition coefficient (Wildman–Crippen LogP) is 0.108. The molecule has 0 saturated heterocycles. The molecule has 1 N–H and O–H groups in total. The number of hydrogen-bond acceptors (Lipinski definition) is 2. The van der Waals surface area contributed by atoms with Gasteiger partial charge in [0.15, 0.2) is 0 Å². The molecule has 1 aromatic carbocycles. The summed E-state index contributed by atoms with van der Waals surface area (Å²) in [4.78, 5) is 26.0. The molecule has 1 aromatic rings. The minimum absolute atomic E-state index is 0.00933. The summed E-state index contributed by atoms with van der Waals surface area (Å²) in [5.41, 5.74) is 0. The molecule has 16 heavy (non-hydrogen) atoms. The van der Waals surface area contributed by atoms with Crippen LogP contribution < -0.4 is 10.6 Å². The van der Waals surface area contributed by atoms with Crippen LogP contribution in [0.15, 0.2) is 29.3 Å². The highest BCUT2D eigenvalue weighted by Crippen LogP contribution is 2.11. The Morgan fingerprint density at radius 2 is 2.12 bits per heavy atom. The van der Waals surface area contributed by atoms with Crippen LogP contribution in [-0.2, 0) is 9.59 Å². The molecule has 1 atom stereocenters. The Labute approximate surface area is 91.9 Å². The Hall–Kier alpha value is -1.97. The van der Waals surface area contributed by atoms with Crippen molar-refractivity contribution in [3.63, 3.8) is 0 Å². The summed E-state index contributed by atoms with van der Waals surface area (Å²) < 4.78 is 0. The molecule has 4 nitrogen and oxygen atoms in total. The first-order valence-corrected chi connectivity index (χ1v) is 5.08. The van der Waals surface area contributed by atoms with Gasteiger partial charge in [-0.05, 0) is 17.7 Å². The first kappa shape index (κ1) is 10.5. The van der Waals surface area contributed by atoms with Crippen molar-refractivity contribution in [2.24, 2.45) is 10.9 Å². The van der Waals surface area contributed by atoms with Crippen molar-refractivity contribution in [1.29, 1.82) is 0 Å². The fraction of sp³-hybridized carbons (Fsp3) is 0.250. The Kier molecular flexibility index (Phi) is 2.81. The van der Waals surface area contributed by atoms with E-state index in [2.05, 4.69) is 4.99 Å². The highest BCUT2D eigenvalue weighted by atomic mass is 16.4. The molecular weight excluding hydrogens is 206 g/mol. The fourth-order valence-electron chi connectivity index (χ4n) is 1.71. The SMILES string of the molecule is O=C(O)CCC1C=c2ccccc2=NC1=O. The van der Waals surface area contributed by atoms with Gasteiger partial charge in [0, 0.05) is 6.42 Å². The van der Waals surface area contributed by atoms with E-state index >= 15 is 0 Å². The highest BCUT2D eigenvalue weighted by molar-refractivity contribution is 5.86. The van der Waals surface area contributed by atoms with Crippen molar-refractivity contribution in [3.05, 3.63) is 34.8 Å². The Balaban J connectivity index is 2.29. The maximum atomic E-state index is 11.6. The average Bonchev–Trinajstić information content (AvgIpc) is 2.26. The molecule has 1 amide bonds. The number of carboxylic acids is 1. The van der Waals surface area contributed by atoms with Crippen molar-refractivity contribution in [2.45, 2.75) is 12.8 Å². The van der Waals surface area contributed by atoms with Crippen LogP contribution in [-0.4, -0.2) is 17.0 Å². The number of hydrogen-bond donors (Lipinski definition) is 1. The molecule has 0 aliphatic carbocycles. The van der Waals surface area contributed by atoms with Crippen molar-refractivity contribution >= 4 is 18.0 Å². The number of fused-ring (bicyclic) bond motifs is 1. The van der Waals surface area contributed by atoms with Gasteiger partial charge in [-0.15, -0.1) is 0 Å². The number of nitrogens with zero attached hydrogens (tertiary/aromatic N) is 1. The van der Waals surface area contributed by atoms with Gasteiger partial charge >= 0.3 is 5.97 Å². The number of benzene rings is 1. The monoisotopic (exact) mass is 217 g/mol. The van der Waals surface area contributed by atoms with Gasteiger partial charge in [0.1, 0.15) is 0 Å². The standard InChI is InChI=1S/C12H11NO3/c14-11(15)6-5-9-7-8-3-1-2-4-10(8)13-12(9)16/h1-4,7,9H,5-6H2,(H,14,15). The number of para-hydroxylation sites is 1. The number of carbonyl (C=O) groups is 2. The number of amides is 1. The summed E-state index contributed by atoms with van der Waals surface area (Å²) in [6.07, 6.45) is 2.10. The maximum absolute atomic E-state index is 11.6. The fourth-order valence-corrected chi connectivity index (χ4v) is 1.71. The average molecular weight is 217 g/mol. The van der Waals surface area contributed by atoms with Crippen LogP contribution in [0, 0.1) is 5.92 Å². The van der Waals surface area contributed by atoms with Crippen LogP contribution >= 0.6 is 0 Å². The number of carboxylic acid groups (broad SMARTS) is 1. The zero-order chi connectivity index (χ0) is 11.5. The third kappa shape index (κ3) is 2.16. The van der Waals surface area contributed by atoms with Crippen LogP contribution in [0.2, 0.25) is 0 Å². The minimum Gasteiger partial charge on any atom is -0.481 e. The molecule has 1 heterocycles. The predicted molar refractivity (Wildman–Crippen MR) is 57.1 cm³/mol. The van der Waals surface area contributed by atoms with Crippen LogP contribution in [0.1, 0.15) is 12.8 Å². The lowest BCUT2D eigenvalue weighted by atomic mass is 9.99. The van der Waals surface area contributed by atoms with Crippen molar-refractivity contribution in [2.75, 3.05) is 0 Å². The van der Waals surface area contributed by atoms with E-state index in [0.29, 0.717) is 11.8 Å². The van der Waals surface area contributed by atoms with Gasteiger partial charge in [-0.25, -0.2) is 4.99 Å². The molecule has 0 saturated carbocycles. The van der Waals surface area contributed by atoms with Gasteiger partial charge in [-0.3, -0.25) is 9.59 Å². The van der Waals surface area contributed by atoms with Crippen molar-refractivity contribution < 1.29 is 14.7 Å². The Bertz CT molecular complexity index is 548. The lowest BCUT2D eigenvalue weighted by Gasteiger charge is -2.10. The Morgan fingerprint density at radius 1 is 1.38 bits per heavy atom. The molecule has 1 aliphatic rings. The summed E-state index contributed by atoms with van der Waals surface area (Å²) in [6.45, 7) is 0. The summed E-state index contributed by atoms with van der Waals surface area (Å²) in [6, 6.07) is 7.34. The molecule has 1 unspecified atom stereocenters. The van der Waals surface area contributed by atoms with Crippen LogP contribution in [0.5, 0.6) is 0 Å². The first-order chi connectivity index (χ1) is 7.66. The van der Waals surface area contributed by atoms with E-state index in [9.17, 15) is 9.59 Å². The van der Waals surface area contributed by atoms with Crippen molar-refractivity contribution in [3.8, 4) is 0 Å². The highest BCUT2D eigenvalue weighted by Gasteiger charge is 2.18. The second kappa shape index (κ2) is 4.26.